The number of benzene rings is 3. The van der Waals surface area contributed by atoms with Gasteiger partial charge >= 0.3 is 5.97 Å². The number of ether oxygens (including phenoxy) is 1. The lowest BCUT2D eigenvalue weighted by molar-refractivity contribution is -0.146. The van der Waals surface area contributed by atoms with Gasteiger partial charge in [-0.15, -0.1) is 0 Å². The maximum Gasteiger partial charge on any atom is 0.308 e. The minimum atomic E-state index is -0.228. The molecule has 2 amide bonds. The average Bonchev–Trinajstić information content (AvgIpc) is 3.24. The van der Waals surface area contributed by atoms with E-state index < -0.39 is 0 Å². The van der Waals surface area contributed by atoms with Crippen LogP contribution in [0.3, 0.4) is 0 Å². The molecule has 1 aliphatic carbocycles. The molecular formula is C29H27ClN2O4. The number of hydrogen-bond donors (Lipinski definition) is 1. The molecule has 0 unspecified atom stereocenters. The number of anilines is 1. The third kappa shape index (κ3) is 4.86. The molecule has 1 aliphatic heterocycles. The fourth-order valence-electron chi connectivity index (χ4n) is 5.17. The summed E-state index contributed by atoms with van der Waals surface area (Å²) in [6.07, 6.45) is 3.13. The van der Waals surface area contributed by atoms with Gasteiger partial charge in [0.1, 0.15) is 0 Å². The molecule has 36 heavy (non-hydrogen) atoms. The lowest BCUT2D eigenvalue weighted by atomic mass is 9.85. The Bertz CT molecular complexity index is 1310. The van der Waals surface area contributed by atoms with E-state index >= 15 is 0 Å². The molecule has 1 heterocycles. The molecule has 0 radical (unpaired) electrons. The summed E-state index contributed by atoms with van der Waals surface area (Å²) in [6, 6.07) is 20.5. The predicted octanol–water partition coefficient (Wildman–Crippen LogP) is 5.95. The molecule has 5 rings (SSSR count). The second-order valence-corrected chi connectivity index (χ2v) is 9.81. The highest BCUT2D eigenvalue weighted by molar-refractivity contribution is 6.31. The van der Waals surface area contributed by atoms with Crippen LogP contribution < -0.4 is 5.32 Å². The van der Waals surface area contributed by atoms with Crippen molar-refractivity contribution in [1.29, 1.82) is 0 Å². The summed E-state index contributed by atoms with van der Waals surface area (Å²) in [4.78, 5) is 39.5. The summed E-state index contributed by atoms with van der Waals surface area (Å²) in [5, 5.41) is 3.39. The van der Waals surface area contributed by atoms with E-state index in [0.717, 1.165) is 47.9 Å². The van der Waals surface area contributed by atoms with Gasteiger partial charge in [0.2, 0.25) is 0 Å². The first-order valence-electron chi connectivity index (χ1n) is 12.1. The quantitative estimate of drug-likeness (QED) is 0.437. The topological polar surface area (TPSA) is 75.7 Å². The molecule has 6 nitrogen and oxygen atoms in total. The summed E-state index contributed by atoms with van der Waals surface area (Å²) in [5.74, 6) is -0.381. The number of fused-ring (bicyclic) bond motifs is 1. The van der Waals surface area contributed by atoms with Crippen molar-refractivity contribution < 1.29 is 19.1 Å². The number of carbonyl (C=O) groups is 3. The van der Waals surface area contributed by atoms with Crippen LogP contribution in [-0.2, 0) is 16.1 Å². The zero-order valence-corrected chi connectivity index (χ0v) is 20.8. The van der Waals surface area contributed by atoms with Crippen LogP contribution in [0, 0.1) is 5.92 Å². The number of esters is 1. The predicted molar refractivity (Wildman–Crippen MR) is 139 cm³/mol. The maximum atomic E-state index is 13.3. The summed E-state index contributed by atoms with van der Waals surface area (Å²) in [7, 11) is 1.43. The summed E-state index contributed by atoms with van der Waals surface area (Å²) >= 11 is 5.98. The molecule has 2 aliphatic rings. The van der Waals surface area contributed by atoms with Crippen molar-refractivity contribution in [2.24, 2.45) is 5.92 Å². The van der Waals surface area contributed by atoms with Crippen molar-refractivity contribution in [2.75, 3.05) is 12.4 Å². The highest BCUT2D eigenvalue weighted by atomic mass is 35.5. The average molecular weight is 503 g/mol. The molecule has 0 spiro atoms. The van der Waals surface area contributed by atoms with Crippen molar-refractivity contribution in [1.82, 2.24) is 4.90 Å². The molecule has 0 aromatic heterocycles. The molecule has 7 heteroatoms. The van der Waals surface area contributed by atoms with E-state index in [2.05, 4.69) is 5.32 Å². The largest absolute Gasteiger partial charge is 0.469 e. The Morgan fingerprint density at radius 1 is 0.944 bits per heavy atom. The van der Waals surface area contributed by atoms with E-state index in [-0.39, 0.29) is 29.7 Å². The van der Waals surface area contributed by atoms with Crippen molar-refractivity contribution in [3.05, 3.63) is 88.4 Å². The number of halogens is 1. The number of nitrogens with zero attached hydrogens (tertiary/aromatic N) is 1. The minimum Gasteiger partial charge on any atom is -0.469 e. The standard InChI is InChI=1S/C29H27ClN2O4/c1-36-29(35)19-9-13-25(14-10-19)32-17-22-6-5-20(16-26(22)28(32)34)18-7-11-24(12-8-18)31-27(33)21-3-2-4-23(30)15-21/h2-8,11-12,15-16,19,25H,9-10,13-14,17H2,1H3,(H,31,33). The van der Waals surface area contributed by atoms with Crippen LogP contribution in [-0.4, -0.2) is 35.8 Å². The lowest BCUT2D eigenvalue weighted by Crippen LogP contribution is -2.39. The second kappa shape index (κ2) is 10.2. The first-order valence-corrected chi connectivity index (χ1v) is 12.5. The Balaban J connectivity index is 1.25. The van der Waals surface area contributed by atoms with Crippen LogP contribution in [0.15, 0.2) is 66.7 Å². The van der Waals surface area contributed by atoms with E-state index in [1.807, 2.05) is 47.4 Å². The highest BCUT2D eigenvalue weighted by Crippen LogP contribution is 2.35. The van der Waals surface area contributed by atoms with E-state index in [1.54, 1.807) is 24.3 Å². The summed E-state index contributed by atoms with van der Waals surface area (Å²) in [6.45, 7) is 0.608. The number of carbonyl (C=O) groups excluding carboxylic acids is 3. The van der Waals surface area contributed by atoms with Gasteiger partial charge in [-0.2, -0.15) is 0 Å². The lowest BCUT2D eigenvalue weighted by Gasteiger charge is -2.33. The van der Waals surface area contributed by atoms with Crippen LogP contribution in [0.1, 0.15) is 52.0 Å². The van der Waals surface area contributed by atoms with Crippen molar-refractivity contribution >= 4 is 35.1 Å². The Labute approximate surface area is 215 Å². The summed E-state index contributed by atoms with van der Waals surface area (Å²) < 4.78 is 4.88. The fraction of sp³-hybridized carbons (Fsp3) is 0.276. The summed E-state index contributed by atoms with van der Waals surface area (Å²) in [5.41, 5.74) is 4.85. The monoisotopic (exact) mass is 502 g/mol. The Morgan fingerprint density at radius 3 is 2.36 bits per heavy atom. The number of rotatable bonds is 5. The van der Waals surface area contributed by atoms with Crippen LogP contribution in [0.5, 0.6) is 0 Å². The molecule has 0 bridgehead atoms. The SMILES string of the molecule is COC(=O)C1CCC(N2Cc3ccc(-c4ccc(NC(=O)c5cccc(Cl)c5)cc4)cc3C2=O)CC1. The van der Waals surface area contributed by atoms with Gasteiger partial charge in [0.05, 0.1) is 13.0 Å². The van der Waals surface area contributed by atoms with Crippen molar-refractivity contribution in [2.45, 2.75) is 38.3 Å². The first kappa shape index (κ1) is 24.1. The minimum absolute atomic E-state index is 0.0544. The third-order valence-corrected chi connectivity index (χ3v) is 7.41. The van der Waals surface area contributed by atoms with Crippen LogP contribution in [0.2, 0.25) is 5.02 Å². The maximum absolute atomic E-state index is 13.3. The Hall–Kier alpha value is -3.64. The van der Waals surface area contributed by atoms with Gasteiger partial charge < -0.3 is 15.0 Å². The van der Waals surface area contributed by atoms with E-state index in [4.69, 9.17) is 16.3 Å². The molecular weight excluding hydrogens is 476 g/mol. The molecule has 0 saturated heterocycles. The van der Waals surface area contributed by atoms with Gasteiger partial charge in [0.15, 0.2) is 0 Å². The molecule has 3 aromatic carbocycles. The van der Waals surface area contributed by atoms with Gasteiger partial charge in [-0.3, -0.25) is 14.4 Å². The van der Waals surface area contributed by atoms with Gasteiger partial charge in [-0.1, -0.05) is 41.9 Å². The smallest absolute Gasteiger partial charge is 0.308 e. The Kier molecular flexibility index (Phi) is 6.79. The van der Waals surface area contributed by atoms with Crippen LogP contribution >= 0.6 is 11.6 Å². The second-order valence-electron chi connectivity index (χ2n) is 9.38. The number of methoxy groups -OCH3 is 1. The van der Waals surface area contributed by atoms with Crippen molar-refractivity contribution in [3.63, 3.8) is 0 Å². The normalized spacial score (nSPS) is 19.1. The van der Waals surface area contributed by atoms with Crippen LogP contribution in [0.4, 0.5) is 5.69 Å². The molecule has 3 aromatic rings. The van der Waals surface area contributed by atoms with Gasteiger partial charge in [-0.25, -0.2) is 0 Å². The number of hydrogen-bond acceptors (Lipinski definition) is 4. The van der Waals surface area contributed by atoms with Crippen molar-refractivity contribution in [3.8, 4) is 11.1 Å². The van der Waals surface area contributed by atoms with Gasteiger partial charge in [0.25, 0.3) is 11.8 Å². The third-order valence-electron chi connectivity index (χ3n) is 7.18. The zero-order chi connectivity index (χ0) is 25.2. The molecule has 1 saturated carbocycles. The Morgan fingerprint density at radius 2 is 1.67 bits per heavy atom. The molecule has 1 N–H and O–H groups in total. The number of amides is 2. The van der Waals surface area contributed by atoms with E-state index in [9.17, 15) is 14.4 Å². The van der Waals surface area contributed by atoms with Gasteiger partial charge in [0, 0.05) is 34.4 Å². The number of nitrogens with one attached hydrogen (secondary N) is 1. The fourth-order valence-corrected chi connectivity index (χ4v) is 5.36. The van der Waals surface area contributed by atoms with E-state index in [1.165, 1.54) is 7.11 Å². The van der Waals surface area contributed by atoms with Gasteiger partial charge in [-0.05, 0) is 78.8 Å². The first-order chi connectivity index (χ1) is 17.4. The molecule has 1 fully saturated rings. The zero-order valence-electron chi connectivity index (χ0n) is 20.0. The molecule has 0 atom stereocenters. The highest BCUT2D eigenvalue weighted by Gasteiger charge is 2.36. The van der Waals surface area contributed by atoms with Crippen LogP contribution in [0.25, 0.3) is 11.1 Å². The molecule has 184 valence electrons. The van der Waals surface area contributed by atoms with E-state index in [0.29, 0.717) is 22.8 Å².